The first kappa shape index (κ1) is 32.8. The Hall–Kier alpha value is -3.73. The minimum Gasteiger partial charge on any atom is -0.461 e. The zero-order chi connectivity index (χ0) is 33.6. The van der Waals surface area contributed by atoms with E-state index in [2.05, 4.69) is 54.3 Å². The number of pyridine rings is 1. The molecule has 1 aliphatic carbocycles. The van der Waals surface area contributed by atoms with Crippen LogP contribution in [0.1, 0.15) is 50.5 Å². The van der Waals surface area contributed by atoms with E-state index in [0.29, 0.717) is 24.2 Å². The minimum atomic E-state index is -0.305. The Morgan fingerprint density at radius 3 is 2.58 bits per heavy atom. The minimum absolute atomic E-state index is 0.0959. The predicted molar refractivity (Wildman–Crippen MR) is 191 cm³/mol. The molecule has 10 nitrogen and oxygen atoms in total. The van der Waals surface area contributed by atoms with Crippen molar-refractivity contribution >= 4 is 45.2 Å². The second kappa shape index (κ2) is 12.9. The Kier molecular flexibility index (Phi) is 8.85. The number of likely N-dealkylation sites (N-methyl/N-ethyl adjacent to an activating group) is 1. The van der Waals surface area contributed by atoms with E-state index >= 15 is 0 Å². The first-order valence-corrected chi connectivity index (χ1v) is 17.5. The van der Waals surface area contributed by atoms with E-state index in [1.54, 1.807) is 14.1 Å². The van der Waals surface area contributed by atoms with Crippen molar-refractivity contribution in [1.82, 2.24) is 29.7 Å². The third-order valence-electron chi connectivity index (χ3n) is 11.2. The number of carbonyl (C=O) groups excluding carboxylic acids is 1. The van der Waals surface area contributed by atoms with E-state index in [1.165, 1.54) is 11.3 Å². The van der Waals surface area contributed by atoms with Crippen LogP contribution < -0.4 is 10.1 Å². The predicted octanol–water partition coefficient (Wildman–Crippen LogP) is 6.78. The Morgan fingerprint density at radius 1 is 1.06 bits per heavy atom. The van der Waals surface area contributed by atoms with Crippen LogP contribution in [-0.4, -0.2) is 107 Å². The fraction of sp³-hybridized carbons (Fsp3) is 0.514. The molecule has 0 bridgehead atoms. The van der Waals surface area contributed by atoms with Gasteiger partial charge < -0.3 is 24.6 Å². The number of aryl methyl sites for hydroxylation is 1. The number of aromatic nitrogens is 3. The molecule has 7 rings (SSSR count). The number of hydrogen-bond donors (Lipinski definition) is 1. The molecular weight excluding hydrogens is 626 g/mol. The second-order valence-electron chi connectivity index (χ2n) is 14.3. The first-order chi connectivity index (χ1) is 23.1. The lowest BCUT2D eigenvalue weighted by molar-refractivity contribution is 0.0484. The molecule has 48 heavy (non-hydrogen) atoms. The number of fused-ring (bicyclic) bond motifs is 3. The molecule has 1 N–H and O–H groups in total. The molecule has 11 heteroatoms. The van der Waals surface area contributed by atoms with Crippen molar-refractivity contribution in [2.24, 2.45) is 0 Å². The molecule has 2 aromatic heterocycles. The van der Waals surface area contributed by atoms with Gasteiger partial charge in [-0.3, -0.25) is 9.88 Å². The summed E-state index contributed by atoms with van der Waals surface area (Å²) in [6.07, 6.45) is 9.16. The van der Waals surface area contributed by atoms with Crippen LogP contribution in [0.2, 0.25) is 5.02 Å². The highest BCUT2D eigenvalue weighted by Crippen LogP contribution is 2.43. The number of hydrogen-bond acceptors (Lipinski definition) is 9. The number of ether oxygens (including phenoxy) is 2. The molecular formula is C37H46ClN7O3. The number of nitrogens with one attached hydrogen (secondary N) is 1. The van der Waals surface area contributed by atoms with Gasteiger partial charge in [0.05, 0.1) is 22.1 Å². The number of anilines is 1. The lowest BCUT2D eigenvalue weighted by Gasteiger charge is -2.47. The summed E-state index contributed by atoms with van der Waals surface area (Å²) in [5.41, 5.74) is 3.54. The number of amides is 1. The van der Waals surface area contributed by atoms with Gasteiger partial charge in [-0.2, -0.15) is 9.97 Å². The van der Waals surface area contributed by atoms with Crippen LogP contribution >= 0.6 is 11.6 Å². The monoisotopic (exact) mass is 671 g/mol. The van der Waals surface area contributed by atoms with Crippen molar-refractivity contribution in [3.05, 3.63) is 53.2 Å². The van der Waals surface area contributed by atoms with Crippen LogP contribution in [0.25, 0.3) is 32.9 Å². The standard InChI is InChI=1S/C37H46ClN7O3/c1-24-31(27-12-6-10-25-11-7-13-29(38)30(25)27)39-20-28-32(24)41-34(42-33(28)40-22-36(44(4)5)15-8-16-36)48-23-37-17-9-19-45(37)26(14-18-37)21-47-35(46)43(2)3/h6-7,10-13,20,26H,8-9,14-19,21-23H2,1-5H3,(H,40,41,42)/t26-,37-/m1/s1. The van der Waals surface area contributed by atoms with Crippen molar-refractivity contribution in [2.45, 2.75) is 69.0 Å². The van der Waals surface area contributed by atoms with Gasteiger partial charge in [0.15, 0.2) is 0 Å². The van der Waals surface area contributed by atoms with Crippen LogP contribution in [0, 0.1) is 6.92 Å². The molecule has 4 aromatic rings. The van der Waals surface area contributed by atoms with Crippen molar-refractivity contribution in [3.63, 3.8) is 0 Å². The Labute approximate surface area is 287 Å². The molecule has 0 radical (unpaired) electrons. The smallest absolute Gasteiger partial charge is 0.409 e. The van der Waals surface area contributed by atoms with Crippen molar-refractivity contribution in [1.29, 1.82) is 0 Å². The van der Waals surface area contributed by atoms with Gasteiger partial charge in [-0.05, 0) is 84.0 Å². The van der Waals surface area contributed by atoms with Crippen molar-refractivity contribution in [3.8, 4) is 17.3 Å². The van der Waals surface area contributed by atoms with Gasteiger partial charge in [-0.1, -0.05) is 41.9 Å². The maximum absolute atomic E-state index is 12.1. The molecule has 3 fully saturated rings. The summed E-state index contributed by atoms with van der Waals surface area (Å²) < 4.78 is 12.2. The zero-order valence-corrected chi connectivity index (χ0v) is 29.4. The number of benzene rings is 2. The molecule has 0 spiro atoms. The number of rotatable bonds is 10. The van der Waals surface area contributed by atoms with Gasteiger partial charge in [-0.15, -0.1) is 0 Å². The van der Waals surface area contributed by atoms with E-state index in [1.807, 2.05) is 24.4 Å². The summed E-state index contributed by atoms with van der Waals surface area (Å²) in [6.45, 7) is 4.68. The summed E-state index contributed by atoms with van der Waals surface area (Å²) in [4.78, 5) is 33.5. The summed E-state index contributed by atoms with van der Waals surface area (Å²) in [7, 11) is 7.73. The molecule has 2 saturated heterocycles. The molecule has 3 aliphatic rings. The van der Waals surface area contributed by atoms with Gasteiger partial charge in [0.25, 0.3) is 0 Å². The highest BCUT2D eigenvalue weighted by molar-refractivity contribution is 6.36. The topological polar surface area (TPSA) is 95.9 Å². The first-order valence-electron chi connectivity index (χ1n) is 17.1. The Morgan fingerprint density at radius 2 is 1.85 bits per heavy atom. The number of nitrogens with zero attached hydrogens (tertiary/aromatic N) is 6. The van der Waals surface area contributed by atoms with E-state index < -0.39 is 0 Å². The molecule has 1 amide bonds. The molecule has 254 valence electrons. The normalized spacial score (nSPS) is 21.8. The van der Waals surface area contributed by atoms with Gasteiger partial charge in [0.1, 0.15) is 19.0 Å². The fourth-order valence-electron chi connectivity index (χ4n) is 8.06. The maximum atomic E-state index is 12.1. The van der Waals surface area contributed by atoms with Gasteiger partial charge in [0.2, 0.25) is 0 Å². The average Bonchev–Trinajstić information content (AvgIpc) is 3.61. The summed E-state index contributed by atoms with van der Waals surface area (Å²) in [6, 6.07) is 12.7. The van der Waals surface area contributed by atoms with Gasteiger partial charge >= 0.3 is 12.1 Å². The number of carbonyl (C=O) groups is 1. The van der Waals surface area contributed by atoms with Crippen molar-refractivity contribution in [2.75, 3.05) is 59.8 Å². The van der Waals surface area contributed by atoms with Crippen LogP contribution in [0.3, 0.4) is 0 Å². The Bertz CT molecular complexity index is 1840. The molecule has 1 saturated carbocycles. The van der Waals surface area contributed by atoms with Gasteiger partial charge in [0, 0.05) is 60.0 Å². The highest BCUT2D eigenvalue weighted by atomic mass is 35.5. The maximum Gasteiger partial charge on any atom is 0.409 e. The van der Waals surface area contributed by atoms with Crippen LogP contribution in [0.4, 0.5) is 10.6 Å². The molecule has 4 heterocycles. The molecule has 2 atom stereocenters. The number of halogens is 1. The molecule has 2 aliphatic heterocycles. The average molecular weight is 672 g/mol. The Balaban J connectivity index is 1.22. The van der Waals surface area contributed by atoms with Crippen LogP contribution in [-0.2, 0) is 4.74 Å². The highest BCUT2D eigenvalue weighted by Gasteiger charge is 2.50. The van der Waals surface area contributed by atoms with Gasteiger partial charge in [-0.25, -0.2) is 4.79 Å². The molecule has 0 unspecified atom stereocenters. The van der Waals surface area contributed by atoms with E-state index in [4.69, 9.17) is 36.0 Å². The van der Waals surface area contributed by atoms with E-state index in [-0.39, 0.29) is 23.2 Å². The lowest BCUT2D eigenvalue weighted by Crippen LogP contribution is -2.54. The summed E-state index contributed by atoms with van der Waals surface area (Å²) in [5.74, 6) is 0.738. The third-order valence-corrected chi connectivity index (χ3v) is 11.5. The third kappa shape index (κ3) is 5.81. The van der Waals surface area contributed by atoms with Crippen LogP contribution in [0.15, 0.2) is 42.6 Å². The van der Waals surface area contributed by atoms with E-state index in [9.17, 15) is 4.79 Å². The zero-order valence-electron chi connectivity index (χ0n) is 28.7. The van der Waals surface area contributed by atoms with E-state index in [0.717, 1.165) is 95.9 Å². The fourth-order valence-corrected chi connectivity index (χ4v) is 8.34. The quantitative estimate of drug-likeness (QED) is 0.196. The SMILES string of the molecule is Cc1c(-c2cccc3cccc(Cl)c23)ncc2c(NCC3(N(C)C)CCC3)nc(OC[C@]34CCCN3[C@@H](COC(=O)N(C)C)CC4)nc12. The molecule has 2 aromatic carbocycles. The lowest BCUT2D eigenvalue weighted by atomic mass is 9.75. The summed E-state index contributed by atoms with van der Waals surface area (Å²) in [5, 5.41) is 7.30. The van der Waals surface area contributed by atoms with Crippen molar-refractivity contribution < 1.29 is 14.3 Å². The summed E-state index contributed by atoms with van der Waals surface area (Å²) >= 11 is 6.75. The van der Waals surface area contributed by atoms with Crippen LogP contribution in [0.5, 0.6) is 6.01 Å². The largest absolute Gasteiger partial charge is 0.461 e. The second-order valence-corrected chi connectivity index (χ2v) is 14.7.